The van der Waals surface area contributed by atoms with Crippen molar-refractivity contribution >= 4 is 22.7 Å². The number of aryl methyl sites for hydroxylation is 1. The lowest BCUT2D eigenvalue weighted by atomic mass is 10.0. The number of anilines is 2. The van der Waals surface area contributed by atoms with E-state index in [1.807, 2.05) is 31.2 Å². The first kappa shape index (κ1) is 32.0. The molecule has 0 spiro atoms. The molecule has 2 saturated carbocycles. The SMILES string of the molecule is COCCn1nnc(N(Cc2cc(C(F)(F)F)cc(C(F)(F)F)c2)Cc2cc3cccc(C)c3nc2N(CC2CC2)CC2CC2)n1. The highest BCUT2D eigenvalue weighted by Gasteiger charge is 2.37. The van der Waals surface area contributed by atoms with E-state index in [1.165, 1.54) is 11.9 Å². The van der Waals surface area contributed by atoms with Crippen molar-refractivity contribution < 1.29 is 31.1 Å². The van der Waals surface area contributed by atoms with Gasteiger partial charge in [0.05, 0.1) is 29.8 Å². The van der Waals surface area contributed by atoms with Crippen molar-refractivity contribution in [2.45, 2.75) is 64.6 Å². The van der Waals surface area contributed by atoms with E-state index in [0.29, 0.717) is 11.8 Å². The number of para-hydroxylation sites is 1. The summed E-state index contributed by atoms with van der Waals surface area (Å²) >= 11 is 0. The monoisotopic (exact) mass is 647 g/mol. The van der Waals surface area contributed by atoms with Crippen molar-refractivity contribution in [3.8, 4) is 0 Å². The molecule has 0 radical (unpaired) electrons. The van der Waals surface area contributed by atoms with E-state index >= 15 is 0 Å². The third-order valence-electron chi connectivity index (χ3n) is 8.36. The number of pyridine rings is 1. The number of nitrogens with zero attached hydrogens (tertiary/aromatic N) is 7. The maximum Gasteiger partial charge on any atom is 0.416 e. The van der Waals surface area contributed by atoms with Gasteiger partial charge < -0.3 is 14.5 Å². The molecule has 46 heavy (non-hydrogen) atoms. The normalized spacial score (nSPS) is 15.5. The van der Waals surface area contributed by atoms with Crippen LogP contribution in [0, 0.1) is 18.8 Å². The highest BCUT2D eigenvalue weighted by atomic mass is 19.4. The van der Waals surface area contributed by atoms with Gasteiger partial charge >= 0.3 is 12.4 Å². The Balaban J connectivity index is 1.44. The zero-order valence-electron chi connectivity index (χ0n) is 25.6. The summed E-state index contributed by atoms with van der Waals surface area (Å²) in [5.41, 5.74) is -0.313. The third kappa shape index (κ3) is 7.71. The highest BCUT2D eigenvalue weighted by Crippen LogP contribution is 2.39. The number of benzene rings is 2. The molecule has 2 heterocycles. The Hall–Kier alpha value is -3.94. The molecule has 0 amide bonds. The van der Waals surface area contributed by atoms with Gasteiger partial charge in [-0.15, -0.1) is 5.10 Å². The van der Waals surface area contributed by atoms with Crippen LogP contribution in [0.2, 0.25) is 0 Å². The summed E-state index contributed by atoms with van der Waals surface area (Å²) in [5, 5.41) is 13.5. The molecule has 2 aromatic heterocycles. The highest BCUT2D eigenvalue weighted by molar-refractivity contribution is 5.84. The van der Waals surface area contributed by atoms with E-state index in [2.05, 4.69) is 20.3 Å². The summed E-state index contributed by atoms with van der Waals surface area (Å²) in [5.74, 6) is 1.95. The van der Waals surface area contributed by atoms with E-state index in [-0.39, 0.29) is 43.8 Å². The van der Waals surface area contributed by atoms with Crippen LogP contribution in [0.15, 0.2) is 42.5 Å². The average Bonchev–Trinajstić information content (AvgIpc) is 3.94. The molecule has 8 nitrogen and oxygen atoms in total. The number of ether oxygens (including phenoxy) is 1. The predicted molar refractivity (Wildman–Crippen MR) is 160 cm³/mol. The number of rotatable bonds is 13. The maximum atomic E-state index is 13.8. The Labute approximate surface area is 262 Å². The Morgan fingerprint density at radius 3 is 2.11 bits per heavy atom. The van der Waals surface area contributed by atoms with Crippen molar-refractivity contribution in [3.05, 3.63) is 70.3 Å². The van der Waals surface area contributed by atoms with Crippen molar-refractivity contribution in [2.75, 3.05) is 36.6 Å². The quantitative estimate of drug-likeness (QED) is 0.144. The Morgan fingerprint density at radius 2 is 1.52 bits per heavy atom. The van der Waals surface area contributed by atoms with E-state index in [0.717, 1.165) is 78.8 Å². The van der Waals surface area contributed by atoms with Crippen molar-refractivity contribution in [3.63, 3.8) is 0 Å². The fraction of sp³-hybridized carbons (Fsp3) is 0.500. The molecule has 4 aromatic rings. The smallest absolute Gasteiger partial charge is 0.383 e. The summed E-state index contributed by atoms with van der Waals surface area (Å²) in [7, 11) is 1.51. The summed E-state index contributed by atoms with van der Waals surface area (Å²) < 4.78 is 87.7. The number of hydrogen-bond donors (Lipinski definition) is 0. The molecular weight excluding hydrogens is 612 g/mol. The van der Waals surface area contributed by atoms with Crippen LogP contribution < -0.4 is 9.80 Å². The van der Waals surface area contributed by atoms with Gasteiger partial charge in [-0.3, -0.25) is 0 Å². The minimum Gasteiger partial charge on any atom is -0.383 e. The van der Waals surface area contributed by atoms with E-state index in [4.69, 9.17) is 9.72 Å². The fourth-order valence-electron chi connectivity index (χ4n) is 5.61. The molecule has 0 aliphatic heterocycles. The molecule has 0 bridgehead atoms. The van der Waals surface area contributed by atoms with Crippen LogP contribution in [-0.4, -0.2) is 52.0 Å². The lowest BCUT2D eigenvalue weighted by molar-refractivity contribution is -0.143. The number of aromatic nitrogens is 5. The number of tetrazole rings is 1. The van der Waals surface area contributed by atoms with Crippen LogP contribution in [0.25, 0.3) is 10.9 Å². The second-order valence-electron chi connectivity index (χ2n) is 12.4. The average molecular weight is 648 g/mol. The third-order valence-corrected chi connectivity index (χ3v) is 8.36. The van der Waals surface area contributed by atoms with Crippen LogP contribution in [0.3, 0.4) is 0 Å². The molecule has 0 atom stereocenters. The van der Waals surface area contributed by atoms with Gasteiger partial charge in [0.25, 0.3) is 5.95 Å². The number of hydrogen-bond acceptors (Lipinski definition) is 7. The first-order valence-electron chi connectivity index (χ1n) is 15.3. The molecule has 2 aliphatic rings. The van der Waals surface area contributed by atoms with Gasteiger partial charge in [0.2, 0.25) is 0 Å². The van der Waals surface area contributed by atoms with Crippen LogP contribution in [0.4, 0.5) is 38.1 Å². The lowest BCUT2D eigenvalue weighted by Crippen LogP contribution is -2.32. The minimum absolute atomic E-state index is 0.0632. The minimum atomic E-state index is -4.97. The molecule has 6 rings (SSSR count). The number of fused-ring (bicyclic) bond motifs is 1. The van der Waals surface area contributed by atoms with Crippen LogP contribution in [0.5, 0.6) is 0 Å². The topological polar surface area (TPSA) is 72.2 Å². The van der Waals surface area contributed by atoms with Gasteiger partial charge in [0.1, 0.15) is 5.82 Å². The number of methoxy groups -OCH3 is 1. The molecule has 2 aromatic carbocycles. The molecule has 14 heteroatoms. The summed E-state index contributed by atoms with van der Waals surface area (Å²) in [4.78, 5) is 10.3. The zero-order chi connectivity index (χ0) is 32.6. The molecule has 0 saturated heterocycles. The van der Waals surface area contributed by atoms with Gasteiger partial charge in [-0.1, -0.05) is 23.3 Å². The molecule has 2 aliphatic carbocycles. The van der Waals surface area contributed by atoms with Crippen LogP contribution >= 0.6 is 0 Å². The van der Waals surface area contributed by atoms with Crippen molar-refractivity contribution in [1.82, 2.24) is 25.2 Å². The summed E-state index contributed by atoms with van der Waals surface area (Å²) in [6.45, 7) is 3.95. The molecule has 246 valence electrons. The molecule has 0 N–H and O–H groups in total. The second-order valence-corrected chi connectivity index (χ2v) is 12.4. The van der Waals surface area contributed by atoms with Crippen molar-refractivity contribution in [1.29, 1.82) is 0 Å². The van der Waals surface area contributed by atoms with Gasteiger partial charge in [-0.25, -0.2) is 4.98 Å². The maximum absolute atomic E-state index is 13.8. The van der Waals surface area contributed by atoms with Crippen molar-refractivity contribution in [2.24, 2.45) is 11.8 Å². The predicted octanol–water partition coefficient (Wildman–Crippen LogP) is 7.05. The van der Waals surface area contributed by atoms with Gasteiger partial charge in [0.15, 0.2) is 0 Å². The Morgan fingerprint density at radius 1 is 0.870 bits per heavy atom. The van der Waals surface area contributed by atoms with E-state index in [1.54, 1.807) is 4.90 Å². The van der Waals surface area contributed by atoms with Gasteiger partial charge in [-0.05, 0) is 85.0 Å². The first-order valence-corrected chi connectivity index (χ1v) is 15.3. The molecular formula is C32H35F6N7O. The Bertz CT molecular complexity index is 1630. The second kappa shape index (κ2) is 12.7. The summed E-state index contributed by atoms with van der Waals surface area (Å²) in [6, 6.07) is 9.49. The zero-order valence-corrected chi connectivity index (χ0v) is 25.6. The largest absolute Gasteiger partial charge is 0.416 e. The molecule has 0 unspecified atom stereocenters. The lowest BCUT2D eigenvalue weighted by Gasteiger charge is -2.29. The molecule has 2 fully saturated rings. The number of halogens is 6. The summed E-state index contributed by atoms with van der Waals surface area (Å²) in [6.07, 6.45) is -5.38. The van der Waals surface area contributed by atoms with Crippen LogP contribution in [0.1, 0.15) is 53.5 Å². The fourth-order valence-corrected chi connectivity index (χ4v) is 5.61. The Kier molecular flexibility index (Phi) is 8.83. The van der Waals surface area contributed by atoms with E-state index < -0.39 is 23.5 Å². The van der Waals surface area contributed by atoms with E-state index in [9.17, 15) is 26.3 Å². The van der Waals surface area contributed by atoms with Crippen LogP contribution in [-0.2, 0) is 36.7 Å². The standard InChI is InChI=1S/C32H35F6N7O/c1-20-4-3-5-24-14-25(29(39-28(20)24)43(16-21-6-7-21)17-22-8-9-22)19-44(30-40-42-45(41-30)10-11-46-2)18-23-12-26(31(33,34)35)15-27(13-23)32(36,37)38/h3-5,12-15,21-22H,6-11,16-19H2,1-2H3. The number of alkyl halides is 6. The van der Waals surface area contributed by atoms with Gasteiger partial charge in [0, 0.05) is 44.2 Å². The van der Waals surface area contributed by atoms with Gasteiger partial charge in [-0.2, -0.15) is 31.1 Å². The first-order chi connectivity index (χ1) is 21.9.